The van der Waals surface area contributed by atoms with Gasteiger partial charge in [-0.2, -0.15) is 0 Å². The molecule has 1 aromatic carbocycles. The first-order chi connectivity index (χ1) is 9.72. The number of benzene rings is 1. The van der Waals surface area contributed by atoms with Gasteiger partial charge in [-0.05, 0) is 0 Å². The zero-order chi connectivity index (χ0) is 14.4. The Kier molecular flexibility index (Phi) is 4.62. The van der Waals surface area contributed by atoms with E-state index in [4.69, 9.17) is 9.84 Å². The van der Waals surface area contributed by atoms with Gasteiger partial charge in [0.1, 0.15) is 11.4 Å². The van der Waals surface area contributed by atoms with Crippen LogP contribution in [0.1, 0.15) is 10.4 Å². The summed E-state index contributed by atoms with van der Waals surface area (Å²) in [5.74, 6) is -0.288. The third-order valence-electron chi connectivity index (χ3n) is 2.65. The number of methoxy groups -OCH3 is 1. The molecular weight excluding hydrogens is 258 g/mol. The number of hydrogen-bond acceptors (Lipinski definition) is 5. The molecule has 0 amide bonds. The molecule has 0 saturated heterocycles. The van der Waals surface area contributed by atoms with Gasteiger partial charge in [-0.25, -0.2) is 14.8 Å². The lowest BCUT2D eigenvalue weighted by Crippen LogP contribution is -2.14. The van der Waals surface area contributed by atoms with Gasteiger partial charge in [0.15, 0.2) is 5.82 Å². The number of carbonyl (C=O) groups is 1. The van der Waals surface area contributed by atoms with Gasteiger partial charge in [0.05, 0.1) is 6.61 Å². The summed E-state index contributed by atoms with van der Waals surface area (Å²) >= 11 is 0. The minimum atomic E-state index is -1.07. The van der Waals surface area contributed by atoms with E-state index in [0.717, 1.165) is 5.56 Å². The fourth-order valence-electron chi connectivity index (χ4n) is 1.67. The summed E-state index contributed by atoms with van der Waals surface area (Å²) < 4.78 is 4.93. The monoisotopic (exact) mass is 273 g/mol. The number of aromatic nitrogens is 2. The lowest BCUT2D eigenvalue weighted by molar-refractivity contribution is 0.0697. The predicted octanol–water partition coefficient (Wildman–Crippen LogP) is 1.90. The number of anilines is 1. The van der Waals surface area contributed by atoms with Crippen LogP contribution >= 0.6 is 0 Å². The van der Waals surface area contributed by atoms with Crippen LogP contribution in [-0.4, -0.2) is 41.3 Å². The van der Waals surface area contributed by atoms with Gasteiger partial charge < -0.3 is 15.2 Å². The number of carboxylic acid groups (broad SMARTS) is 1. The molecule has 2 N–H and O–H groups in total. The summed E-state index contributed by atoms with van der Waals surface area (Å²) in [5.41, 5.74) is 0.875. The number of hydrogen-bond donors (Lipinski definition) is 2. The van der Waals surface area contributed by atoms with Crippen LogP contribution in [0.3, 0.4) is 0 Å². The van der Waals surface area contributed by atoms with Gasteiger partial charge in [-0.15, -0.1) is 0 Å². The number of ether oxygens (including phenoxy) is 1. The Morgan fingerprint density at radius 1 is 1.35 bits per heavy atom. The quantitative estimate of drug-likeness (QED) is 0.782. The number of nitrogens with zero attached hydrogens (tertiary/aromatic N) is 2. The maximum atomic E-state index is 11.2. The van der Waals surface area contributed by atoms with Crippen LogP contribution in [0.2, 0.25) is 0 Å². The molecule has 1 aromatic heterocycles. The van der Waals surface area contributed by atoms with Gasteiger partial charge >= 0.3 is 5.97 Å². The molecule has 0 fully saturated rings. The lowest BCUT2D eigenvalue weighted by atomic mass is 10.2. The Balaban J connectivity index is 2.32. The van der Waals surface area contributed by atoms with Crippen molar-refractivity contribution in [1.29, 1.82) is 0 Å². The predicted molar refractivity (Wildman–Crippen MR) is 74.8 cm³/mol. The van der Waals surface area contributed by atoms with E-state index in [1.165, 1.54) is 6.20 Å². The molecule has 0 spiro atoms. The molecular formula is C14H15N3O3. The Labute approximate surface area is 116 Å². The average Bonchev–Trinajstić information content (AvgIpc) is 2.48. The zero-order valence-corrected chi connectivity index (χ0v) is 11.0. The number of nitrogens with one attached hydrogen (secondary N) is 1. The molecule has 0 aliphatic rings. The van der Waals surface area contributed by atoms with Crippen molar-refractivity contribution in [2.24, 2.45) is 0 Å². The van der Waals surface area contributed by atoms with Crippen LogP contribution in [0, 0.1) is 0 Å². The summed E-state index contributed by atoms with van der Waals surface area (Å²) in [4.78, 5) is 19.5. The number of carboxylic acids is 1. The first-order valence-corrected chi connectivity index (χ1v) is 6.11. The van der Waals surface area contributed by atoms with Crippen molar-refractivity contribution in [1.82, 2.24) is 9.97 Å². The van der Waals surface area contributed by atoms with E-state index in [-0.39, 0.29) is 5.56 Å². The van der Waals surface area contributed by atoms with E-state index in [2.05, 4.69) is 15.3 Å². The van der Waals surface area contributed by atoms with Gasteiger partial charge in [-0.1, -0.05) is 30.3 Å². The molecule has 0 unspecified atom stereocenters. The van der Waals surface area contributed by atoms with E-state index in [1.54, 1.807) is 7.11 Å². The van der Waals surface area contributed by atoms with Gasteiger partial charge in [0.25, 0.3) is 0 Å². The van der Waals surface area contributed by atoms with Gasteiger partial charge in [0, 0.05) is 25.4 Å². The van der Waals surface area contributed by atoms with Crippen molar-refractivity contribution in [3.05, 3.63) is 42.1 Å². The molecule has 6 heteroatoms. The van der Waals surface area contributed by atoms with E-state index >= 15 is 0 Å². The summed E-state index contributed by atoms with van der Waals surface area (Å²) in [6.07, 6.45) is 1.31. The van der Waals surface area contributed by atoms with Crippen LogP contribution in [0.4, 0.5) is 5.82 Å². The Morgan fingerprint density at radius 3 is 2.75 bits per heavy atom. The molecule has 1 heterocycles. The second-order valence-electron chi connectivity index (χ2n) is 4.05. The maximum Gasteiger partial charge on any atom is 0.341 e. The average molecular weight is 273 g/mol. The molecule has 0 aliphatic carbocycles. The summed E-state index contributed by atoms with van der Waals surface area (Å²) in [6.45, 7) is 0.936. The van der Waals surface area contributed by atoms with Crippen molar-refractivity contribution in [2.45, 2.75) is 0 Å². The van der Waals surface area contributed by atoms with Crippen molar-refractivity contribution in [2.75, 3.05) is 25.6 Å². The van der Waals surface area contributed by atoms with Gasteiger partial charge in [-0.3, -0.25) is 0 Å². The molecule has 6 nitrogen and oxygen atoms in total. The van der Waals surface area contributed by atoms with Crippen molar-refractivity contribution in [3.8, 4) is 11.4 Å². The minimum absolute atomic E-state index is 0.0424. The second kappa shape index (κ2) is 6.63. The molecule has 0 aliphatic heterocycles. The third kappa shape index (κ3) is 3.30. The Hall–Kier alpha value is -2.47. The molecule has 2 rings (SSSR count). The number of rotatable bonds is 6. The van der Waals surface area contributed by atoms with E-state index < -0.39 is 5.97 Å². The molecule has 0 bridgehead atoms. The maximum absolute atomic E-state index is 11.2. The van der Waals surface area contributed by atoms with Crippen molar-refractivity contribution >= 4 is 11.8 Å². The van der Waals surface area contributed by atoms with Crippen LogP contribution in [0.15, 0.2) is 36.5 Å². The van der Waals surface area contributed by atoms with Gasteiger partial charge in [0.2, 0.25) is 0 Å². The van der Waals surface area contributed by atoms with E-state index in [9.17, 15) is 4.79 Å². The van der Waals surface area contributed by atoms with Crippen LogP contribution in [0.25, 0.3) is 11.4 Å². The highest BCUT2D eigenvalue weighted by Crippen LogP contribution is 2.19. The SMILES string of the molecule is COCCNc1nc(-c2ccccc2)ncc1C(=O)O. The molecule has 0 saturated carbocycles. The smallest absolute Gasteiger partial charge is 0.341 e. The Morgan fingerprint density at radius 2 is 2.10 bits per heavy atom. The first kappa shape index (κ1) is 14.0. The minimum Gasteiger partial charge on any atom is -0.477 e. The fraction of sp³-hybridized carbons (Fsp3) is 0.214. The Bertz CT molecular complexity index is 587. The molecule has 2 aromatic rings. The summed E-state index contributed by atoms with van der Waals surface area (Å²) in [7, 11) is 1.58. The van der Waals surface area contributed by atoms with Crippen LogP contribution < -0.4 is 5.32 Å². The zero-order valence-electron chi connectivity index (χ0n) is 11.0. The second-order valence-corrected chi connectivity index (χ2v) is 4.05. The van der Waals surface area contributed by atoms with Crippen LogP contribution in [-0.2, 0) is 4.74 Å². The van der Waals surface area contributed by atoms with Crippen LogP contribution in [0.5, 0.6) is 0 Å². The van der Waals surface area contributed by atoms with E-state index in [1.807, 2.05) is 30.3 Å². The topological polar surface area (TPSA) is 84.3 Å². The standard InChI is InChI=1S/C14H15N3O3/c1-20-8-7-15-13-11(14(18)19)9-16-12(17-13)10-5-3-2-4-6-10/h2-6,9H,7-8H2,1H3,(H,18,19)(H,15,16,17). The highest BCUT2D eigenvalue weighted by atomic mass is 16.5. The molecule has 20 heavy (non-hydrogen) atoms. The lowest BCUT2D eigenvalue weighted by Gasteiger charge is -2.09. The fourth-order valence-corrected chi connectivity index (χ4v) is 1.67. The molecule has 0 radical (unpaired) electrons. The summed E-state index contributed by atoms with van der Waals surface area (Å²) in [5, 5.41) is 12.1. The highest BCUT2D eigenvalue weighted by molar-refractivity contribution is 5.93. The number of aromatic carboxylic acids is 1. The van der Waals surface area contributed by atoms with Crippen molar-refractivity contribution < 1.29 is 14.6 Å². The van der Waals surface area contributed by atoms with Crippen molar-refractivity contribution in [3.63, 3.8) is 0 Å². The largest absolute Gasteiger partial charge is 0.477 e. The normalized spacial score (nSPS) is 10.2. The van der Waals surface area contributed by atoms with E-state index in [0.29, 0.717) is 24.8 Å². The molecule has 104 valence electrons. The summed E-state index contributed by atoms with van der Waals surface area (Å²) in [6, 6.07) is 9.39. The third-order valence-corrected chi connectivity index (χ3v) is 2.65. The highest BCUT2D eigenvalue weighted by Gasteiger charge is 2.13. The molecule has 0 atom stereocenters. The first-order valence-electron chi connectivity index (χ1n) is 6.11.